The number of nitrogens with zero attached hydrogens (tertiary/aromatic N) is 1. The summed E-state index contributed by atoms with van der Waals surface area (Å²) in [6.45, 7) is 2.34. The van der Waals surface area contributed by atoms with Crippen molar-refractivity contribution < 1.29 is 22.7 Å². The molecule has 3 aromatic rings. The second-order valence-corrected chi connectivity index (χ2v) is 8.85. The van der Waals surface area contributed by atoms with Crippen LogP contribution >= 0.6 is 11.3 Å². The van der Waals surface area contributed by atoms with Gasteiger partial charge in [0.15, 0.2) is 0 Å². The monoisotopic (exact) mass is 446 g/mol. The number of aromatic nitrogens is 1. The summed E-state index contributed by atoms with van der Waals surface area (Å²) in [6.07, 6.45) is -0.0774. The number of carbonyl (C=O) groups excluding carboxylic acids is 1. The van der Waals surface area contributed by atoms with E-state index in [0.29, 0.717) is 18.1 Å². The molecule has 0 atom stereocenters. The average Bonchev–Trinajstić information content (AvgIpc) is 3.23. The number of thiazole rings is 1. The lowest BCUT2D eigenvalue weighted by molar-refractivity contribution is -0.144. The van der Waals surface area contributed by atoms with Crippen LogP contribution in [0.25, 0.3) is 10.6 Å². The molecule has 0 bridgehead atoms. The van der Waals surface area contributed by atoms with Crippen LogP contribution in [0.2, 0.25) is 0 Å². The summed E-state index contributed by atoms with van der Waals surface area (Å²) in [4.78, 5) is 16.5. The van der Waals surface area contributed by atoms with E-state index in [1.807, 2.05) is 42.6 Å². The average molecular weight is 447 g/mol. The first kappa shape index (κ1) is 21.9. The highest BCUT2D eigenvalue weighted by molar-refractivity contribution is 7.89. The number of sulfonamides is 1. The molecule has 0 unspecified atom stereocenters. The zero-order valence-electron chi connectivity index (χ0n) is 16.4. The number of benzene rings is 2. The van der Waals surface area contributed by atoms with Crippen molar-refractivity contribution in [3.8, 4) is 16.3 Å². The third-order valence-corrected chi connectivity index (χ3v) is 6.44. The number of carbonyl (C=O) groups is 1. The second kappa shape index (κ2) is 10.3. The molecule has 0 aliphatic rings. The molecule has 0 fully saturated rings. The van der Waals surface area contributed by atoms with E-state index in [-0.39, 0.29) is 24.5 Å². The third kappa shape index (κ3) is 6.12. The van der Waals surface area contributed by atoms with Gasteiger partial charge in [-0.3, -0.25) is 4.79 Å². The lowest BCUT2D eigenvalue weighted by atomic mass is 10.2. The van der Waals surface area contributed by atoms with E-state index in [1.54, 1.807) is 12.1 Å². The number of hydrogen-bond acceptors (Lipinski definition) is 7. The maximum Gasteiger partial charge on any atom is 0.307 e. The Balaban J connectivity index is 1.44. The van der Waals surface area contributed by atoms with Gasteiger partial charge < -0.3 is 9.47 Å². The normalized spacial score (nSPS) is 11.2. The second-order valence-electron chi connectivity index (χ2n) is 6.22. The van der Waals surface area contributed by atoms with Gasteiger partial charge in [-0.05, 0) is 31.2 Å². The number of ether oxygens (including phenoxy) is 2. The number of hydrogen-bond donors (Lipinski definition) is 1. The van der Waals surface area contributed by atoms with E-state index in [1.165, 1.54) is 23.5 Å². The van der Waals surface area contributed by atoms with Gasteiger partial charge in [-0.1, -0.05) is 30.3 Å². The molecule has 30 heavy (non-hydrogen) atoms. The molecular formula is C21H22N2O5S2. The molecule has 3 rings (SSSR count). The Morgan fingerprint density at radius 1 is 1.10 bits per heavy atom. The van der Waals surface area contributed by atoms with E-state index >= 15 is 0 Å². The SMILES string of the molecule is CCOc1ccc(S(=O)(=O)NCCC(=O)OCc2csc(-c3ccccc3)n2)cc1. The number of nitrogens with one attached hydrogen (secondary N) is 1. The highest BCUT2D eigenvalue weighted by Gasteiger charge is 2.15. The summed E-state index contributed by atoms with van der Waals surface area (Å²) in [7, 11) is -3.71. The van der Waals surface area contributed by atoms with Gasteiger partial charge in [-0.25, -0.2) is 18.1 Å². The maximum absolute atomic E-state index is 12.3. The predicted octanol–water partition coefficient (Wildman–Crippen LogP) is 3.62. The van der Waals surface area contributed by atoms with Crippen LogP contribution in [0.4, 0.5) is 0 Å². The third-order valence-electron chi connectivity index (χ3n) is 4.02. The van der Waals surface area contributed by atoms with Crippen LogP contribution in [0.1, 0.15) is 19.0 Å². The van der Waals surface area contributed by atoms with E-state index in [4.69, 9.17) is 9.47 Å². The quantitative estimate of drug-likeness (QED) is 0.478. The van der Waals surface area contributed by atoms with Crippen molar-refractivity contribution in [3.63, 3.8) is 0 Å². The lowest BCUT2D eigenvalue weighted by Gasteiger charge is -2.08. The van der Waals surface area contributed by atoms with Gasteiger partial charge in [-0.2, -0.15) is 0 Å². The Bertz CT molecular complexity index is 1060. The first-order valence-corrected chi connectivity index (χ1v) is 11.7. The summed E-state index contributed by atoms with van der Waals surface area (Å²) in [5.41, 5.74) is 1.66. The van der Waals surface area contributed by atoms with Crippen LogP contribution < -0.4 is 9.46 Å². The van der Waals surface area contributed by atoms with Gasteiger partial charge in [0.2, 0.25) is 10.0 Å². The minimum absolute atomic E-state index is 0.0494. The number of rotatable bonds is 10. The van der Waals surface area contributed by atoms with Gasteiger partial charge in [0.05, 0.1) is 23.6 Å². The summed E-state index contributed by atoms with van der Waals surface area (Å²) in [6, 6.07) is 15.8. The molecule has 1 aromatic heterocycles. The molecule has 2 aromatic carbocycles. The van der Waals surface area contributed by atoms with Crippen LogP contribution in [0.5, 0.6) is 5.75 Å². The van der Waals surface area contributed by atoms with Crippen LogP contribution in [-0.2, 0) is 26.2 Å². The fraction of sp³-hybridized carbons (Fsp3) is 0.238. The standard InChI is InChI=1S/C21H22N2O5S2/c1-2-27-18-8-10-19(11-9-18)30(25,26)22-13-12-20(24)28-14-17-15-29-21(23-17)16-6-4-3-5-7-16/h3-11,15,22H,2,12-14H2,1H3. The molecule has 158 valence electrons. The van der Waals surface area contributed by atoms with Crippen molar-refractivity contribution in [1.29, 1.82) is 0 Å². The minimum atomic E-state index is -3.71. The van der Waals surface area contributed by atoms with E-state index in [9.17, 15) is 13.2 Å². The molecule has 0 radical (unpaired) electrons. The van der Waals surface area contributed by atoms with Crippen molar-refractivity contribution in [2.75, 3.05) is 13.2 Å². The summed E-state index contributed by atoms with van der Waals surface area (Å²) >= 11 is 1.47. The Hall–Kier alpha value is -2.75. The molecule has 0 saturated heterocycles. The van der Waals surface area contributed by atoms with Gasteiger partial charge in [0, 0.05) is 17.5 Å². The molecule has 0 saturated carbocycles. The smallest absolute Gasteiger partial charge is 0.307 e. The molecule has 7 nitrogen and oxygen atoms in total. The van der Waals surface area contributed by atoms with E-state index in [2.05, 4.69) is 9.71 Å². The first-order chi connectivity index (χ1) is 14.5. The van der Waals surface area contributed by atoms with E-state index < -0.39 is 16.0 Å². The van der Waals surface area contributed by atoms with Crippen molar-refractivity contribution >= 4 is 27.3 Å². The van der Waals surface area contributed by atoms with Crippen LogP contribution in [-0.4, -0.2) is 32.5 Å². The van der Waals surface area contributed by atoms with Gasteiger partial charge in [0.25, 0.3) is 0 Å². The Morgan fingerprint density at radius 2 is 1.83 bits per heavy atom. The Morgan fingerprint density at radius 3 is 2.53 bits per heavy atom. The zero-order valence-corrected chi connectivity index (χ0v) is 18.0. The molecule has 0 amide bonds. The van der Waals surface area contributed by atoms with Crippen molar-refractivity contribution in [3.05, 3.63) is 65.7 Å². The summed E-state index contributed by atoms with van der Waals surface area (Å²) in [5.74, 6) is 0.0937. The predicted molar refractivity (Wildman–Crippen MR) is 115 cm³/mol. The van der Waals surface area contributed by atoms with Gasteiger partial charge >= 0.3 is 5.97 Å². The fourth-order valence-corrected chi connectivity index (χ4v) is 4.41. The summed E-state index contributed by atoms with van der Waals surface area (Å²) < 4.78 is 37.5. The molecule has 0 spiro atoms. The topological polar surface area (TPSA) is 94.6 Å². The van der Waals surface area contributed by atoms with Gasteiger partial charge in [0.1, 0.15) is 17.4 Å². The largest absolute Gasteiger partial charge is 0.494 e. The van der Waals surface area contributed by atoms with Crippen LogP contribution in [0.3, 0.4) is 0 Å². The molecular weight excluding hydrogens is 424 g/mol. The summed E-state index contributed by atoms with van der Waals surface area (Å²) in [5, 5.41) is 2.69. The first-order valence-electron chi connectivity index (χ1n) is 9.36. The van der Waals surface area contributed by atoms with Crippen molar-refractivity contribution in [2.24, 2.45) is 0 Å². The lowest BCUT2D eigenvalue weighted by Crippen LogP contribution is -2.26. The molecule has 1 N–H and O–H groups in total. The molecule has 1 heterocycles. The molecule has 9 heteroatoms. The Kier molecular flexibility index (Phi) is 7.56. The van der Waals surface area contributed by atoms with Crippen molar-refractivity contribution in [1.82, 2.24) is 9.71 Å². The molecule has 0 aliphatic carbocycles. The van der Waals surface area contributed by atoms with Gasteiger partial charge in [-0.15, -0.1) is 11.3 Å². The van der Waals surface area contributed by atoms with Crippen molar-refractivity contribution in [2.45, 2.75) is 24.8 Å². The number of esters is 1. The highest BCUT2D eigenvalue weighted by Crippen LogP contribution is 2.23. The zero-order chi connectivity index (χ0) is 21.4. The highest BCUT2D eigenvalue weighted by atomic mass is 32.2. The van der Waals surface area contributed by atoms with Crippen LogP contribution in [0.15, 0.2) is 64.9 Å². The van der Waals surface area contributed by atoms with Crippen LogP contribution in [0, 0.1) is 0 Å². The fourth-order valence-electron chi connectivity index (χ4n) is 2.57. The molecule has 0 aliphatic heterocycles. The Labute approximate surface area is 179 Å². The van der Waals surface area contributed by atoms with E-state index in [0.717, 1.165) is 10.6 Å². The maximum atomic E-state index is 12.3. The minimum Gasteiger partial charge on any atom is -0.494 e.